The summed E-state index contributed by atoms with van der Waals surface area (Å²) in [7, 11) is 0. The third kappa shape index (κ3) is 2.05. The molecule has 3 heteroatoms. The van der Waals surface area contributed by atoms with Crippen molar-refractivity contribution in [2.75, 3.05) is 0 Å². The highest BCUT2D eigenvalue weighted by atomic mass is 16.5. The summed E-state index contributed by atoms with van der Waals surface area (Å²) >= 11 is 0. The van der Waals surface area contributed by atoms with Crippen LogP contribution in [0.25, 0.3) is 0 Å². The number of allylic oxidation sites excluding steroid dienone is 2. The molecule has 1 atom stereocenters. The molecule has 0 bridgehead atoms. The fourth-order valence-corrected chi connectivity index (χ4v) is 0.827. The Kier molecular flexibility index (Phi) is 2.80. The van der Waals surface area contributed by atoms with Gasteiger partial charge in [-0.15, -0.1) is 0 Å². The molecular weight excluding hydrogens is 156 g/mol. The molecule has 0 aromatic rings. The first-order valence-corrected chi connectivity index (χ1v) is 3.82. The number of rotatable bonds is 2. The van der Waals surface area contributed by atoms with Crippen LogP contribution in [0, 0.1) is 0 Å². The molecule has 0 fully saturated rings. The third-order valence-corrected chi connectivity index (χ3v) is 1.49. The molecule has 0 spiro atoms. The van der Waals surface area contributed by atoms with E-state index in [0.717, 1.165) is 0 Å². The van der Waals surface area contributed by atoms with Gasteiger partial charge in [-0.25, -0.2) is 0 Å². The minimum atomic E-state index is -0.706. The molecule has 0 aliphatic heterocycles. The van der Waals surface area contributed by atoms with Gasteiger partial charge in [0, 0.05) is 6.42 Å². The van der Waals surface area contributed by atoms with Crippen LogP contribution in [-0.4, -0.2) is 17.9 Å². The highest BCUT2D eigenvalue weighted by molar-refractivity contribution is 5.97. The lowest BCUT2D eigenvalue weighted by Gasteiger charge is -2.11. The lowest BCUT2D eigenvalue weighted by molar-refractivity contribution is -0.150. The molecule has 1 rings (SSSR count). The van der Waals surface area contributed by atoms with Crippen LogP contribution in [0.15, 0.2) is 24.3 Å². The predicted molar refractivity (Wildman–Crippen MR) is 43.5 cm³/mol. The molecule has 64 valence electrons. The van der Waals surface area contributed by atoms with Gasteiger partial charge in [-0.1, -0.05) is 19.1 Å². The van der Waals surface area contributed by atoms with Crippen molar-refractivity contribution in [3.63, 3.8) is 0 Å². The Bertz CT molecular complexity index is 250. The zero-order valence-electron chi connectivity index (χ0n) is 6.82. The second-order valence-corrected chi connectivity index (χ2v) is 2.41. The van der Waals surface area contributed by atoms with Gasteiger partial charge < -0.3 is 4.74 Å². The molecule has 1 aliphatic carbocycles. The van der Waals surface area contributed by atoms with E-state index in [0.29, 0.717) is 6.42 Å². The van der Waals surface area contributed by atoms with Crippen LogP contribution in [-0.2, 0) is 14.3 Å². The first-order valence-electron chi connectivity index (χ1n) is 3.82. The van der Waals surface area contributed by atoms with Crippen molar-refractivity contribution in [1.82, 2.24) is 0 Å². The number of carbonyl (C=O) groups is 2. The van der Waals surface area contributed by atoms with E-state index in [1.54, 1.807) is 25.2 Å². The second kappa shape index (κ2) is 3.85. The van der Waals surface area contributed by atoms with Crippen LogP contribution in [0.3, 0.4) is 0 Å². The highest BCUT2D eigenvalue weighted by Gasteiger charge is 2.17. The van der Waals surface area contributed by atoms with E-state index in [-0.39, 0.29) is 11.8 Å². The molecule has 0 heterocycles. The maximum absolute atomic E-state index is 11.0. The highest BCUT2D eigenvalue weighted by Crippen LogP contribution is 2.04. The summed E-state index contributed by atoms with van der Waals surface area (Å²) in [5.74, 6) is -0.535. The average Bonchev–Trinajstić information content (AvgIpc) is 2.09. The van der Waals surface area contributed by atoms with Gasteiger partial charge in [0.05, 0.1) is 0 Å². The Morgan fingerprint density at radius 2 is 2.33 bits per heavy atom. The number of hydrogen-bond donors (Lipinski definition) is 0. The summed E-state index contributed by atoms with van der Waals surface area (Å²) in [5, 5.41) is 0. The topological polar surface area (TPSA) is 43.4 Å². The van der Waals surface area contributed by atoms with E-state index in [9.17, 15) is 9.59 Å². The van der Waals surface area contributed by atoms with Crippen LogP contribution in [0.1, 0.15) is 13.3 Å². The van der Waals surface area contributed by atoms with E-state index in [4.69, 9.17) is 4.74 Å². The van der Waals surface area contributed by atoms with Gasteiger partial charge >= 0.3 is 5.97 Å². The third-order valence-electron chi connectivity index (χ3n) is 1.49. The number of ether oxygens (including phenoxy) is 1. The van der Waals surface area contributed by atoms with Gasteiger partial charge in [0.25, 0.3) is 0 Å². The van der Waals surface area contributed by atoms with Crippen molar-refractivity contribution in [1.29, 1.82) is 0 Å². The van der Waals surface area contributed by atoms with Crippen LogP contribution in [0.2, 0.25) is 0 Å². The Hall–Kier alpha value is -1.38. The lowest BCUT2D eigenvalue weighted by atomic mass is 10.1. The van der Waals surface area contributed by atoms with E-state index in [2.05, 4.69) is 0 Å². The summed E-state index contributed by atoms with van der Waals surface area (Å²) in [6.07, 6.45) is 5.86. The van der Waals surface area contributed by atoms with Crippen LogP contribution < -0.4 is 0 Å². The van der Waals surface area contributed by atoms with Crippen molar-refractivity contribution < 1.29 is 14.3 Å². The van der Waals surface area contributed by atoms with Gasteiger partial charge in [-0.3, -0.25) is 9.59 Å². The Balaban J connectivity index is 2.53. The zero-order valence-corrected chi connectivity index (χ0v) is 6.82. The van der Waals surface area contributed by atoms with E-state index in [1.165, 1.54) is 6.08 Å². The maximum atomic E-state index is 11.0. The van der Waals surface area contributed by atoms with Crippen LogP contribution >= 0.6 is 0 Å². The summed E-state index contributed by atoms with van der Waals surface area (Å²) in [5.41, 5.74) is 0. The lowest BCUT2D eigenvalue weighted by Crippen LogP contribution is -2.24. The molecule has 0 saturated carbocycles. The molecule has 1 unspecified atom stereocenters. The van der Waals surface area contributed by atoms with Crippen molar-refractivity contribution in [2.45, 2.75) is 19.4 Å². The molecule has 1 aliphatic rings. The Morgan fingerprint density at radius 1 is 1.58 bits per heavy atom. The summed E-state index contributed by atoms with van der Waals surface area (Å²) in [6.45, 7) is 1.69. The minimum Gasteiger partial charge on any atom is -0.450 e. The average molecular weight is 166 g/mol. The van der Waals surface area contributed by atoms with Gasteiger partial charge in [0.1, 0.15) is 0 Å². The Morgan fingerprint density at radius 3 is 2.92 bits per heavy atom. The number of esters is 1. The molecule has 3 nitrogen and oxygen atoms in total. The van der Waals surface area contributed by atoms with E-state index < -0.39 is 6.10 Å². The molecule has 0 saturated heterocycles. The fourth-order valence-electron chi connectivity index (χ4n) is 0.827. The number of carbonyl (C=O) groups excluding carboxylic acids is 2. The Labute approximate surface area is 70.7 Å². The summed E-state index contributed by atoms with van der Waals surface area (Å²) < 4.78 is 4.83. The standard InChI is InChI=1S/C9H10O3/c1-2-9(11)12-8-6-4-3-5-7(8)10/h3-6,8H,2H2,1H3. The first-order chi connectivity index (χ1) is 5.74. The molecular formula is C9H10O3. The summed E-state index contributed by atoms with van der Waals surface area (Å²) in [6, 6.07) is 0. The van der Waals surface area contributed by atoms with E-state index >= 15 is 0 Å². The number of hydrogen-bond acceptors (Lipinski definition) is 3. The molecule has 0 radical (unpaired) electrons. The molecule has 12 heavy (non-hydrogen) atoms. The van der Waals surface area contributed by atoms with Gasteiger partial charge in [0.2, 0.25) is 0 Å². The zero-order chi connectivity index (χ0) is 8.97. The maximum Gasteiger partial charge on any atom is 0.306 e. The monoisotopic (exact) mass is 166 g/mol. The van der Waals surface area contributed by atoms with Crippen molar-refractivity contribution in [3.05, 3.63) is 24.3 Å². The molecule has 0 N–H and O–H groups in total. The summed E-state index contributed by atoms with van der Waals surface area (Å²) in [4.78, 5) is 21.8. The molecule has 0 amide bonds. The van der Waals surface area contributed by atoms with Gasteiger partial charge in [-0.2, -0.15) is 0 Å². The second-order valence-electron chi connectivity index (χ2n) is 2.41. The van der Waals surface area contributed by atoms with E-state index in [1.807, 2.05) is 0 Å². The fraction of sp³-hybridized carbons (Fsp3) is 0.333. The quantitative estimate of drug-likeness (QED) is 0.575. The smallest absolute Gasteiger partial charge is 0.306 e. The van der Waals surface area contributed by atoms with Gasteiger partial charge in [0.15, 0.2) is 11.9 Å². The largest absolute Gasteiger partial charge is 0.450 e. The first kappa shape index (κ1) is 8.71. The van der Waals surface area contributed by atoms with Crippen molar-refractivity contribution >= 4 is 11.8 Å². The van der Waals surface area contributed by atoms with Crippen molar-refractivity contribution in [3.8, 4) is 0 Å². The molecule has 0 aromatic carbocycles. The predicted octanol–water partition coefficient (Wildman–Crippen LogP) is 1.00. The SMILES string of the molecule is CCC(=O)OC1C=CC=CC1=O. The molecule has 0 aromatic heterocycles. The van der Waals surface area contributed by atoms with Crippen LogP contribution in [0.4, 0.5) is 0 Å². The van der Waals surface area contributed by atoms with Gasteiger partial charge in [-0.05, 0) is 12.2 Å². The van der Waals surface area contributed by atoms with Crippen molar-refractivity contribution in [2.24, 2.45) is 0 Å². The van der Waals surface area contributed by atoms with Crippen LogP contribution in [0.5, 0.6) is 0 Å². The normalized spacial score (nSPS) is 21.1. The number of ketones is 1. The minimum absolute atomic E-state index is 0.181.